The van der Waals surface area contributed by atoms with Crippen molar-refractivity contribution >= 4 is 33.1 Å². The van der Waals surface area contributed by atoms with E-state index in [4.69, 9.17) is 9.47 Å². The first kappa shape index (κ1) is 23.4. The van der Waals surface area contributed by atoms with E-state index >= 15 is 0 Å². The minimum atomic E-state index is -3.66. The van der Waals surface area contributed by atoms with Gasteiger partial charge >= 0.3 is 0 Å². The third-order valence-electron chi connectivity index (χ3n) is 5.54. The summed E-state index contributed by atoms with van der Waals surface area (Å²) in [7, 11) is -0.550. The van der Waals surface area contributed by atoms with Gasteiger partial charge in [0.1, 0.15) is 17.1 Å². The second kappa shape index (κ2) is 9.21. The largest absolute Gasteiger partial charge is 0.497 e. The molecule has 0 radical (unpaired) electrons. The van der Waals surface area contributed by atoms with Gasteiger partial charge in [0.25, 0.3) is 0 Å². The van der Waals surface area contributed by atoms with E-state index in [1.165, 1.54) is 14.1 Å². The zero-order valence-electron chi connectivity index (χ0n) is 19.2. The van der Waals surface area contributed by atoms with Gasteiger partial charge in [0, 0.05) is 34.6 Å². The molecule has 1 N–H and O–H groups in total. The summed E-state index contributed by atoms with van der Waals surface area (Å²) < 4.78 is 38.7. The van der Waals surface area contributed by atoms with Gasteiger partial charge in [0.15, 0.2) is 0 Å². The smallest absolute Gasteiger partial charge is 0.242 e. The van der Waals surface area contributed by atoms with Crippen LogP contribution in [0.1, 0.15) is 22.2 Å². The van der Waals surface area contributed by atoms with Crippen LogP contribution in [0.15, 0.2) is 65.6 Å². The van der Waals surface area contributed by atoms with Crippen molar-refractivity contribution in [1.82, 2.24) is 4.31 Å². The lowest BCUT2D eigenvalue weighted by atomic mass is 10.00. The number of hydrogen-bond acceptors (Lipinski definition) is 6. The van der Waals surface area contributed by atoms with Crippen molar-refractivity contribution in [3.63, 3.8) is 0 Å². The number of nitrogens with one attached hydrogen (secondary N) is 1. The highest BCUT2D eigenvalue weighted by Crippen LogP contribution is 2.34. The summed E-state index contributed by atoms with van der Waals surface area (Å²) in [5.41, 5.74) is 1.18. The zero-order chi connectivity index (χ0) is 23.6. The molecule has 6 nitrogen and oxygen atoms in total. The monoisotopic (exact) mass is 484 g/mol. The van der Waals surface area contributed by atoms with Gasteiger partial charge in [-0.2, -0.15) is 4.31 Å². The molecule has 4 rings (SSSR count). The molecule has 33 heavy (non-hydrogen) atoms. The standard InChI is InChI=1S/C25H28N2O4S2/c1-18-5-9-22(32-18)16-26-20-6-12-24-19(15-20)13-14-25(2,31-24)17-27(3)33(28,29)23-10-7-21(30-4)8-11-23/h5-15,26H,16-17H2,1-4H3. The molecule has 0 spiro atoms. The fraction of sp³-hybridized carbons (Fsp3) is 0.280. The second-order valence-electron chi connectivity index (χ2n) is 8.30. The first-order chi connectivity index (χ1) is 15.7. The Bertz CT molecular complexity index is 1270. The molecule has 1 aliphatic heterocycles. The van der Waals surface area contributed by atoms with E-state index in [0.717, 1.165) is 23.5 Å². The maximum Gasteiger partial charge on any atom is 0.242 e. The van der Waals surface area contributed by atoms with Crippen LogP contribution in [0.5, 0.6) is 11.5 Å². The Morgan fingerprint density at radius 1 is 1.12 bits per heavy atom. The molecule has 0 amide bonds. The third-order valence-corrected chi connectivity index (χ3v) is 8.35. The lowest BCUT2D eigenvalue weighted by Crippen LogP contribution is -2.45. The Kier molecular flexibility index (Phi) is 6.52. The fourth-order valence-electron chi connectivity index (χ4n) is 3.74. The summed E-state index contributed by atoms with van der Waals surface area (Å²) in [6.07, 6.45) is 3.91. The van der Waals surface area contributed by atoms with Gasteiger partial charge in [0.2, 0.25) is 10.0 Å². The number of likely N-dealkylation sites (N-methyl/N-ethyl adjacent to an activating group) is 1. The lowest BCUT2D eigenvalue weighted by molar-refractivity contribution is 0.117. The number of sulfonamides is 1. The summed E-state index contributed by atoms with van der Waals surface area (Å²) >= 11 is 1.78. The number of nitrogens with zero attached hydrogens (tertiary/aromatic N) is 1. The van der Waals surface area contributed by atoms with Crippen LogP contribution >= 0.6 is 11.3 Å². The van der Waals surface area contributed by atoms with Crippen molar-refractivity contribution in [2.45, 2.75) is 30.9 Å². The Morgan fingerprint density at radius 3 is 2.55 bits per heavy atom. The van der Waals surface area contributed by atoms with Crippen LogP contribution in [0.2, 0.25) is 0 Å². The van der Waals surface area contributed by atoms with Gasteiger partial charge in [-0.05, 0) is 74.5 Å². The van der Waals surface area contributed by atoms with Crippen LogP contribution in [0.4, 0.5) is 5.69 Å². The van der Waals surface area contributed by atoms with Crippen LogP contribution in [0.3, 0.4) is 0 Å². The lowest BCUT2D eigenvalue weighted by Gasteiger charge is -2.34. The predicted octanol–water partition coefficient (Wildman–Crippen LogP) is 5.16. The molecule has 0 aliphatic carbocycles. The molecule has 1 atom stereocenters. The summed E-state index contributed by atoms with van der Waals surface area (Å²) in [6.45, 7) is 4.94. The molecule has 8 heteroatoms. The summed E-state index contributed by atoms with van der Waals surface area (Å²) in [5, 5.41) is 3.45. The Balaban J connectivity index is 1.44. The third kappa shape index (κ3) is 5.24. The molecule has 2 heterocycles. The number of anilines is 1. The van der Waals surface area contributed by atoms with Crippen LogP contribution in [-0.4, -0.2) is 39.0 Å². The number of rotatable bonds is 8. The van der Waals surface area contributed by atoms with Gasteiger partial charge in [-0.15, -0.1) is 11.3 Å². The topological polar surface area (TPSA) is 67.9 Å². The van der Waals surface area contributed by atoms with Crippen LogP contribution < -0.4 is 14.8 Å². The van der Waals surface area contributed by atoms with Crippen molar-refractivity contribution in [3.05, 3.63) is 76.0 Å². The number of hydrogen-bond donors (Lipinski definition) is 1. The molecular weight excluding hydrogens is 456 g/mol. The van der Waals surface area contributed by atoms with Gasteiger partial charge in [0.05, 0.1) is 18.6 Å². The molecule has 1 unspecified atom stereocenters. The number of thiophene rings is 1. The molecule has 2 aromatic carbocycles. The highest BCUT2D eigenvalue weighted by molar-refractivity contribution is 7.89. The van der Waals surface area contributed by atoms with Gasteiger partial charge in [-0.25, -0.2) is 8.42 Å². The second-order valence-corrected chi connectivity index (χ2v) is 11.7. The number of ether oxygens (including phenoxy) is 2. The SMILES string of the molecule is COc1ccc(S(=O)(=O)N(C)CC2(C)C=Cc3cc(NCc4ccc(C)s4)ccc3O2)cc1. The van der Waals surface area contributed by atoms with Crippen molar-refractivity contribution in [3.8, 4) is 11.5 Å². The highest BCUT2D eigenvalue weighted by Gasteiger charge is 2.33. The number of fused-ring (bicyclic) bond motifs is 1. The molecule has 0 saturated heterocycles. The molecule has 3 aromatic rings. The molecule has 1 aliphatic rings. The van der Waals surface area contributed by atoms with E-state index < -0.39 is 15.6 Å². The van der Waals surface area contributed by atoms with E-state index in [0.29, 0.717) is 5.75 Å². The summed E-state index contributed by atoms with van der Waals surface area (Å²) in [4.78, 5) is 2.80. The first-order valence-electron chi connectivity index (χ1n) is 10.6. The van der Waals surface area contributed by atoms with Crippen molar-refractivity contribution in [2.75, 3.05) is 26.0 Å². The first-order valence-corrected chi connectivity index (χ1v) is 12.9. The van der Waals surface area contributed by atoms with E-state index in [-0.39, 0.29) is 11.4 Å². The summed E-state index contributed by atoms with van der Waals surface area (Å²) in [6, 6.07) is 16.6. The van der Waals surface area contributed by atoms with Crippen LogP contribution in [-0.2, 0) is 16.6 Å². The van der Waals surface area contributed by atoms with Crippen molar-refractivity contribution < 1.29 is 17.9 Å². The molecule has 1 aromatic heterocycles. The predicted molar refractivity (Wildman–Crippen MR) is 134 cm³/mol. The van der Waals surface area contributed by atoms with Gasteiger partial charge in [-0.3, -0.25) is 0 Å². The van der Waals surface area contributed by atoms with Crippen LogP contribution in [0.25, 0.3) is 6.08 Å². The van der Waals surface area contributed by atoms with Crippen molar-refractivity contribution in [2.24, 2.45) is 0 Å². The molecule has 174 valence electrons. The maximum atomic E-state index is 13.0. The zero-order valence-corrected chi connectivity index (χ0v) is 20.8. The molecular formula is C25H28N2O4S2. The highest BCUT2D eigenvalue weighted by atomic mass is 32.2. The quantitative estimate of drug-likeness (QED) is 0.478. The number of benzene rings is 2. The van der Waals surface area contributed by atoms with Gasteiger partial charge in [-0.1, -0.05) is 6.08 Å². The van der Waals surface area contributed by atoms with E-state index in [2.05, 4.69) is 24.4 Å². The maximum absolute atomic E-state index is 13.0. The minimum Gasteiger partial charge on any atom is -0.497 e. The minimum absolute atomic E-state index is 0.176. The normalized spacial score (nSPS) is 17.5. The van der Waals surface area contributed by atoms with E-state index in [1.54, 1.807) is 49.8 Å². The average Bonchev–Trinajstić information content (AvgIpc) is 3.22. The molecule has 0 bridgehead atoms. The summed E-state index contributed by atoms with van der Waals surface area (Å²) in [5.74, 6) is 1.34. The average molecular weight is 485 g/mol. The van der Waals surface area contributed by atoms with Gasteiger partial charge < -0.3 is 14.8 Å². The Labute approximate surface area is 199 Å². The van der Waals surface area contributed by atoms with Crippen molar-refractivity contribution in [1.29, 1.82) is 0 Å². The number of methoxy groups -OCH3 is 1. The van der Waals surface area contributed by atoms with E-state index in [1.807, 2.05) is 37.3 Å². The van der Waals surface area contributed by atoms with Crippen LogP contribution in [0, 0.1) is 6.92 Å². The number of aryl methyl sites for hydroxylation is 1. The Morgan fingerprint density at radius 2 is 1.88 bits per heavy atom. The van der Waals surface area contributed by atoms with E-state index in [9.17, 15) is 8.42 Å². The molecule has 0 saturated carbocycles. The fourth-order valence-corrected chi connectivity index (χ4v) is 5.84. The molecule has 0 fully saturated rings. The Hall–Kier alpha value is -2.81.